The summed E-state index contributed by atoms with van der Waals surface area (Å²) in [5.41, 5.74) is 6.17. The van der Waals surface area contributed by atoms with Crippen LogP contribution in [0.5, 0.6) is 0 Å². The van der Waals surface area contributed by atoms with E-state index in [4.69, 9.17) is 5.73 Å². The van der Waals surface area contributed by atoms with E-state index in [-0.39, 0.29) is 30.2 Å². The van der Waals surface area contributed by atoms with Crippen LogP contribution in [0.3, 0.4) is 0 Å². The molecule has 2 N–H and O–H groups in total. The number of likely N-dealkylation sites (tertiary alicyclic amines) is 1. The van der Waals surface area contributed by atoms with Gasteiger partial charge in [0.05, 0.1) is 0 Å². The van der Waals surface area contributed by atoms with Gasteiger partial charge in [0.15, 0.2) is 0 Å². The molecule has 0 aromatic heterocycles. The van der Waals surface area contributed by atoms with Crippen LogP contribution in [-0.2, 0) is 0 Å². The third kappa shape index (κ3) is 3.00. The van der Waals surface area contributed by atoms with Crippen molar-refractivity contribution in [2.45, 2.75) is 19.4 Å². The molecule has 1 amide bonds. The predicted octanol–water partition coefficient (Wildman–Crippen LogP) is 2.06. The summed E-state index contributed by atoms with van der Waals surface area (Å²) in [5, 5.41) is 0. The lowest BCUT2D eigenvalue weighted by molar-refractivity contribution is 0.0743. The van der Waals surface area contributed by atoms with E-state index in [0.29, 0.717) is 24.6 Å². The highest BCUT2D eigenvalue weighted by Gasteiger charge is 2.31. The molecule has 1 aliphatic heterocycles. The van der Waals surface area contributed by atoms with Crippen molar-refractivity contribution in [2.75, 3.05) is 13.1 Å². The first-order valence-electron chi connectivity index (χ1n) is 5.88. The maximum atomic E-state index is 12.8. The molecular formula is C13H18ClFN2O. The summed E-state index contributed by atoms with van der Waals surface area (Å²) in [7, 11) is 0. The van der Waals surface area contributed by atoms with Crippen LogP contribution in [0.2, 0.25) is 0 Å². The third-order valence-corrected chi connectivity index (χ3v) is 3.35. The highest BCUT2D eigenvalue weighted by atomic mass is 35.5. The average Bonchev–Trinajstić information content (AvgIpc) is 2.71. The maximum Gasteiger partial charge on any atom is 0.254 e. The molecule has 0 bridgehead atoms. The van der Waals surface area contributed by atoms with Crippen LogP contribution in [0.1, 0.15) is 23.7 Å². The predicted molar refractivity (Wildman–Crippen MR) is 71.3 cm³/mol. The molecule has 1 heterocycles. The normalized spacial score (nSPS) is 22.7. The summed E-state index contributed by atoms with van der Waals surface area (Å²) in [5.74, 6) is 0.0266. The van der Waals surface area contributed by atoms with Crippen LogP contribution < -0.4 is 5.73 Å². The van der Waals surface area contributed by atoms with Gasteiger partial charge in [0, 0.05) is 18.2 Å². The first-order chi connectivity index (χ1) is 8.11. The molecule has 18 heavy (non-hydrogen) atoms. The van der Waals surface area contributed by atoms with Gasteiger partial charge < -0.3 is 10.6 Å². The van der Waals surface area contributed by atoms with Crippen LogP contribution in [0.4, 0.5) is 4.39 Å². The van der Waals surface area contributed by atoms with Gasteiger partial charge in [0.2, 0.25) is 0 Å². The molecule has 1 saturated heterocycles. The van der Waals surface area contributed by atoms with Crippen molar-refractivity contribution in [1.29, 1.82) is 0 Å². The smallest absolute Gasteiger partial charge is 0.254 e. The summed E-state index contributed by atoms with van der Waals surface area (Å²) in [6, 6.07) is 5.89. The van der Waals surface area contributed by atoms with Gasteiger partial charge in [-0.1, -0.05) is 0 Å². The van der Waals surface area contributed by atoms with Crippen molar-refractivity contribution in [3.63, 3.8) is 0 Å². The zero-order chi connectivity index (χ0) is 12.4. The number of hydrogen-bond donors (Lipinski definition) is 1. The van der Waals surface area contributed by atoms with Crippen LogP contribution in [-0.4, -0.2) is 29.9 Å². The van der Waals surface area contributed by atoms with Gasteiger partial charge in [-0.05, 0) is 50.1 Å². The monoisotopic (exact) mass is 272 g/mol. The Morgan fingerprint density at radius 3 is 2.56 bits per heavy atom. The third-order valence-electron chi connectivity index (χ3n) is 3.35. The number of benzene rings is 1. The highest BCUT2D eigenvalue weighted by Crippen LogP contribution is 2.24. The Hall–Kier alpha value is -1.13. The molecule has 100 valence electrons. The van der Waals surface area contributed by atoms with Gasteiger partial charge >= 0.3 is 0 Å². The lowest BCUT2D eigenvalue weighted by Crippen LogP contribution is -2.34. The van der Waals surface area contributed by atoms with Crippen molar-refractivity contribution in [1.82, 2.24) is 4.90 Å². The van der Waals surface area contributed by atoms with E-state index in [2.05, 4.69) is 0 Å². The molecule has 3 nitrogen and oxygen atoms in total. The lowest BCUT2D eigenvalue weighted by Gasteiger charge is -2.21. The molecule has 2 unspecified atom stereocenters. The zero-order valence-corrected chi connectivity index (χ0v) is 11.1. The minimum atomic E-state index is -0.323. The quantitative estimate of drug-likeness (QED) is 0.896. The van der Waals surface area contributed by atoms with Crippen molar-refractivity contribution in [3.8, 4) is 0 Å². The van der Waals surface area contributed by atoms with E-state index in [0.717, 1.165) is 6.42 Å². The lowest BCUT2D eigenvalue weighted by atomic mass is 10.1. The van der Waals surface area contributed by atoms with E-state index in [1.54, 1.807) is 0 Å². The summed E-state index contributed by atoms with van der Waals surface area (Å²) >= 11 is 0. The fourth-order valence-electron chi connectivity index (χ4n) is 2.35. The Morgan fingerprint density at radius 1 is 1.44 bits per heavy atom. The fraction of sp³-hybridized carbons (Fsp3) is 0.462. The molecule has 0 saturated carbocycles. The van der Waals surface area contributed by atoms with E-state index in [1.807, 2.05) is 11.8 Å². The molecule has 1 aromatic carbocycles. The number of carbonyl (C=O) groups is 1. The Balaban J connectivity index is 0.00000162. The fourth-order valence-corrected chi connectivity index (χ4v) is 2.35. The van der Waals surface area contributed by atoms with Crippen LogP contribution >= 0.6 is 12.4 Å². The van der Waals surface area contributed by atoms with Gasteiger partial charge in [-0.25, -0.2) is 4.39 Å². The highest BCUT2D eigenvalue weighted by molar-refractivity contribution is 5.94. The minimum absolute atomic E-state index is 0. The summed E-state index contributed by atoms with van der Waals surface area (Å²) in [4.78, 5) is 14.0. The number of nitrogens with two attached hydrogens (primary N) is 1. The standard InChI is InChI=1S/C13H17FN2O.ClH/c1-9-6-10(7-15)8-16(9)13(17)11-2-4-12(14)5-3-11;/h2-5,9-10H,6-8,15H2,1H3;1H. The van der Waals surface area contributed by atoms with Crippen molar-refractivity contribution in [3.05, 3.63) is 35.6 Å². The molecular weight excluding hydrogens is 255 g/mol. The number of carbonyl (C=O) groups excluding carboxylic acids is 1. The summed E-state index contributed by atoms with van der Waals surface area (Å²) in [6.07, 6.45) is 0.948. The van der Waals surface area contributed by atoms with Crippen molar-refractivity contribution in [2.24, 2.45) is 11.7 Å². The molecule has 0 spiro atoms. The van der Waals surface area contributed by atoms with Gasteiger partial charge in [-0.2, -0.15) is 0 Å². The maximum absolute atomic E-state index is 12.8. The molecule has 2 atom stereocenters. The van der Waals surface area contributed by atoms with Crippen LogP contribution in [0.15, 0.2) is 24.3 Å². The molecule has 1 aliphatic rings. The molecule has 0 aliphatic carbocycles. The van der Waals surface area contributed by atoms with Crippen LogP contribution in [0.25, 0.3) is 0 Å². The SMILES string of the molecule is CC1CC(CN)CN1C(=O)c1ccc(F)cc1.Cl. The minimum Gasteiger partial charge on any atom is -0.336 e. The average molecular weight is 273 g/mol. The van der Waals surface area contributed by atoms with Gasteiger partial charge in [-0.15, -0.1) is 12.4 Å². The summed E-state index contributed by atoms with van der Waals surface area (Å²) < 4.78 is 12.8. The molecule has 1 fully saturated rings. The number of nitrogens with zero attached hydrogens (tertiary/aromatic N) is 1. The van der Waals surface area contributed by atoms with Crippen molar-refractivity contribution < 1.29 is 9.18 Å². The zero-order valence-electron chi connectivity index (χ0n) is 10.3. The number of rotatable bonds is 2. The van der Waals surface area contributed by atoms with Crippen molar-refractivity contribution >= 4 is 18.3 Å². The first kappa shape index (κ1) is 14.9. The van der Waals surface area contributed by atoms with Gasteiger partial charge in [-0.3, -0.25) is 4.79 Å². The van der Waals surface area contributed by atoms with E-state index >= 15 is 0 Å². The molecule has 1 aromatic rings. The van der Waals surface area contributed by atoms with E-state index in [1.165, 1.54) is 24.3 Å². The Labute approximate surface area is 113 Å². The summed E-state index contributed by atoms with van der Waals surface area (Å²) in [6.45, 7) is 3.34. The number of amides is 1. The second-order valence-electron chi connectivity index (χ2n) is 4.65. The molecule has 5 heteroatoms. The Morgan fingerprint density at radius 2 is 2.06 bits per heavy atom. The second kappa shape index (κ2) is 6.16. The Kier molecular flexibility index (Phi) is 5.11. The molecule has 0 radical (unpaired) electrons. The first-order valence-corrected chi connectivity index (χ1v) is 5.88. The second-order valence-corrected chi connectivity index (χ2v) is 4.65. The number of hydrogen-bond acceptors (Lipinski definition) is 2. The topological polar surface area (TPSA) is 46.3 Å². The van der Waals surface area contributed by atoms with Gasteiger partial charge in [0.1, 0.15) is 5.82 Å². The van der Waals surface area contributed by atoms with Crippen LogP contribution in [0, 0.1) is 11.7 Å². The van der Waals surface area contributed by atoms with E-state index < -0.39 is 0 Å². The van der Waals surface area contributed by atoms with Gasteiger partial charge in [0.25, 0.3) is 5.91 Å². The Bertz CT molecular complexity index is 410. The van der Waals surface area contributed by atoms with E-state index in [9.17, 15) is 9.18 Å². The largest absolute Gasteiger partial charge is 0.336 e. The number of halogens is 2. The molecule has 2 rings (SSSR count).